The van der Waals surface area contributed by atoms with E-state index in [1.54, 1.807) is 6.92 Å². The van der Waals surface area contributed by atoms with Gasteiger partial charge in [0.1, 0.15) is 5.75 Å². The third-order valence-electron chi connectivity index (χ3n) is 11.9. The summed E-state index contributed by atoms with van der Waals surface area (Å²) >= 11 is 0. The van der Waals surface area contributed by atoms with Gasteiger partial charge < -0.3 is 25.2 Å². The second-order valence-electron chi connectivity index (χ2n) is 15.2. The molecule has 2 amide bonds. The van der Waals surface area contributed by atoms with Crippen LogP contribution in [0.3, 0.4) is 0 Å². The van der Waals surface area contributed by atoms with Gasteiger partial charge in [0.25, 0.3) is 5.91 Å². The van der Waals surface area contributed by atoms with Crippen LogP contribution in [-0.2, 0) is 9.59 Å². The molecule has 4 atom stereocenters. The summed E-state index contributed by atoms with van der Waals surface area (Å²) in [6.07, 6.45) is 14.0. The lowest BCUT2D eigenvalue weighted by Gasteiger charge is -2.39. The zero-order valence-corrected chi connectivity index (χ0v) is 27.0. The third-order valence-corrected chi connectivity index (χ3v) is 11.9. The summed E-state index contributed by atoms with van der Waals surface area (Å²) in [5.41, 5.74) is 0.869. The van der Waals surface area contributed by atoms with E-state index in [0.717, 1.165) is 25.7 Å². The van der Waals surface area contributed by atoms with Crippen molar-refractivity contribution in [2.75, 3.05) is 13.7 Å². The number of benzene rings is 1. The number of nitrogens with one attached hydrogen (secondary N) is 2. The highest BCUT2D eigenvalue weighted by Gasteiger charge is 2.54. The van der Waals surface area contributed by atoms with Gasteiger partial charge in [-0.2, -0.15) is 0 Å². The van der Waals surface area contributed by atoms with Crippen LogP contribution in [0.25, 0.3) is 0 Å². The minimum absolute atomic E-state index is 0.0154. The number of aliphatic carboxylic acids is 1. The summed E-state index contributed by atoms with van der Waals surface area (Å²) in [4.78, 5) is 39.4. The van der Waals surface area contributed by atoms with Gasteiger partial charge in [0, 0.05) is 24.6 Å². The normalized spacial score (nSPS) is 33.1. The second kappa shape index (κ2) is 12.6. The van der Waals surface area contributed by atoms with E-state index in [4.69, 9.17) is 9.47 Å². The van der Waals surface area contributed by atoms with Crippen molar-refractivity contribution in [3.63, 3.8) is 0 Å². The van der Waals surface area contributed by atoms with Gasteiger partial charge in [-0.25, -0.2) is 4.39 Å². The molecule has 5 fully saturated rings. The Morgan fingerprint density at radius 3 is 2.36 bits per heavy atom. The molecular formula is C36H49FN2O6. The van der Waals surface area contributed by atoms with Gasteiger partial charge in [0.2, 0.25) is 5.91 Å². The molecule has 0 heterocycles. The van der Waals surface area contributed by atoms with Gasteiger partial charge >= 0.3 is 5.97 Å². The number of hydrogen-bond acceptors (Lipinski definition) is 5. The molecule has 0 aliphatic heterocycles. The molecule has 0 radical (unpaired) electrons. The third kappa shape index (κ3) is 6.46. The van der Waals surface area contributed by atoms with Crippen LogP contribution < -0.4 is 20.1 Å². The molecule has 3 N–H and O–H groups in total. The lowest BCUT2D eigenvalue weighted by atomic mass is 9.70. The van der Waals surface area contributed by atoms with Gasteiger partial charge in [-0.05, 0) is 94.4 Å². The topological polar surface area (TPSA) is 114 Å². The van der Waals surface area contributed by atoms with Crippen molar-refractivity contribution in [1.29, 1.82) is 0 Å². The Bertz CT molecular complexity index is 1340. The molecule has 0 spiro atoms. The lowest BCUT2D eigenvalue weighted by Crippen LogP contribution is -2.52. The Labute approximate surface area is 265 Å². The van der Waals surface area contributed by atoms with Crippen LogP contribution in [0.15, 0.2) is 23.8 Å². The van der Waals surface area contributed by atoms with E-state index in [1.165, 1.54) is 56.9 Å². The maximum Gasteiger partial charge on any atom is 0.309 e. The van der Waals surface area contributed by atoms with Crippen molar-refractivity contribution in [2.24, 2.45) is 34.5 Å². The predicted molar refractivity (Wildman–Crippen MR) is 168 cm³/mol. The number of hydrogen-bond donors (Lipinski definition) is 3. The number of carbonyl (C=O) groups is 3. The molecule has 8 nitrogen and oxygen atoms in total. The van der Waals surface area contributed by atoms with E-state index in [1.807, 2.05) is 0 Å². The van der Waals surface area contributed by atoms with E-state index in [-0.39, 0.29) is 58.3 Å². The fraction of sp³-hybridized carbons (Fsp3) is 0.694. The first-order valence-corrected chi connectivity index (χ1v) is 17.1. The molecule has 1 aromatic rings. The zero-order valence-electron chi connectivity index (χ0n) is 27.0. The minimum Gasteiger partial charge on any atom is -0.496 e. The fourth-order valence-corrected chi connectivity index (χ4v) is 8.71. The zero-order chi connectivity index (χ0) is 31.9. The van der Waals surface area contributed by atoms with Crippen LogP contribution in [-0.4, -0.2) is 48.7 Å². The Kier molecular flexibility index (Phi) is 8.92. The first-order valence-electron chi connectivity index (χ1n) is 17.1. The average Bonchev–Trinajstić information content (AvgIpc) is 3.74. The standard InChI is InChI=1S/C36H49FN2O6/c1-35(11-6-12-35)20-38-33(41)30-23-16-22(15-21-7-4-5-8-21)25(17-23)31(30)39-32(40)26-18-29(27(37)19-28(26)44-3)45-24-9-13-36(2,14-10-24)34(42)43/h15,18-19,21,23-25,30-31H,4-14,16-17,20H2,1-3H3,(H,38,41)(H,39,40)(H,42,43)/b22-15+/t23-,24?,25-,30+,31-,36?/m1/s1. The Hall–Kier alpha value is -3.10. The SMILES string of the molecule is COc1cc(F)c(OC2CCC(C)(C(=O)O)CC2)cc1C(=O)N[C@H]1[C@@H](C(=O)NCC2(C)CCC2)[C@@H]2C/C(=C\C3CCCC3)[C@H]1C2. The number of methoxy groups -OCH3 is 1. The van der Waals surface area contributed by atoms with Gasteiger partial charge in [-0.1, -0.05) is 37.8 Å². The van der Waals surface area contributed by atoms with E-state index < -0.39 is 23.1 Å². The molecule has 0 aromatic heterocycles. The first-order chi connectivity index (χ1) is 21.5. The quantitative estimate of drug-likeness (QED) is 0.259. The molecule has 2 bridgehead atoms. The molecule has 5 aliphatic carbocycles. The molecule has 0 unspecified atom stereocenters. The van der Waals surface area contributed by atoms with Crippen LogP contribution >= 0.6 is 0 Å². The Morgan fingerprint density at radius 2 is 1.73 bits per heavy atom. The number of ether oxygens (including phenoxy) is 2. The molecular weight excluding hydrogens is 575 g/mol. The number of amides is 2. The first kappa shape index (κ1) is 31.9. The Morgan fingerprint density at radius 1 is 1.02 bits per heavy atom. The van der Waals surface area contributed by atoms with Crippen LogP contribution in [0.4, 0.5) is 4.39 Å². The molecule has 246 valence electrons. The monoisotopic (exact) mass is 624 g/mol. The van der Waals surface area contributed by atoms with Gasteiger partial charge in [0.15, 0.2) is 11.6 Å². The second-order valence-corrected chi connectivity index (χ2v) is 15.2. The van der Waals surface area contributed by atoms with Crippen molar-refractivity contribution in [3.05, 3.63) is 35.2 Å². The van der Waals surface area contributed by atoms with Crippen molar-refractivity contribution in [1.82, 2.24) is 10.6 Å². The summed E-state index contributed by atoms with van der Waals surface area (Å²) in [7, 11) is 1.40. The summed E-state index contributed by atoms with van der Waals surface area (Å²) < 4.78 is 26.6. The highest BCUT2D eigenvalue weighted by molar-refractivity contribution is 5.98. The number of fused-ring (bicyclic) bond motifs is 2. The highest BCUT2D eigenvalue weighted by atomic mass is 19.1. The minimum atomic E-state index is -0.832. The molecule has 9 heteroatoms. The number of rotatable bonds is 10. The lowest BCUT2D eigenvalue weighted by molar-refractivity contribution is -0.150. The fourth-order valence-electron chi connectivity index (χ4n) is 8.71. The number of carboxylic acid groups (broad SMARTS) is 1. The van der Waals surface area contributed by atoms with Crippen LogP contribution in [0, 0.1) is 40.3 Å². The molecule has 6 rings (SSSR count). The summed E-state index contributed by atoms with van der Waals surface area (Å²) in [6, 6.07) is 2.21. The van der Waals surface area contributed by atoms with Crippen molar-refractivity contribution < 1.29 is 33.4 Å². The number of halogens is 1. The van der Waals surface area contributed by atoms with E-state index >= 15 is 4.39 Å². The van der Waals surface area contributed by atoms with Crippen molar-refractivity contribution in [3.8, 4) is 11.5 Å². The molecule has 45 heavy (non-hydrogen) atoms. The van der Waals surface area contributed by atoms with Crippen LogP contribution in [0.2, 0.25) is 0 Å². The summed E-state index contributed by atoms with van der Waals surface area (Å²) in [6.45, 7) is 4.61. The molecule has 5 aliphatic rings. The predicted octanol–water partition coefficient (Wildman–Crippen LogP) is 6.42. The van der Waals surface area contributed by atoms with Crippen LogP contribution in [0.5, 0.6) is 11.5 Å². The van der Waals surface area contributed by atoms with Crippen molar-refractivity contribution >= 4 is 17.8 Å². The van der Waals surface area contributed by atoms with Crippen molar-refractivity contribution in [2.45, 2.75) is 109 Å². The number of allylic oxidation sites excluding steroid dienone is 1. The summed E-state index contributed by atoms with van der Waals surface area (Å²) in [5, 5.41) is 16.0. The van der Waals surface area contributed by atoms with E-state index in [9.17, 15) is 19.5 Å². The largest absolute Gasteiger partial charge is 0.496 e. The smallest absolute Gasteiger partial charge is 0.309 e. The molecule has 1 aromatic carbocycles. The van der Waals surface area contributed by atoms with Gasteiger partial charge in [-0.3, -0.25) is 14.4 Å². The average molecular weight is 625 g/mol. The maximum atomic E-state index is 15.2. The number of carbonyl (C=O) groups excluding carboxylic acids is 2. The summed E-state index contributed by atoms with van der Waals surface area (Å²) in [5.74, 6) is -1.29. The van der Waals surface area contributed by atoms with Crippen LogP contribution in [0.1, 0.15) is 108 Å². The van der Waals surface area contributed by atoms with E-state index in [0.29, 0.717) is 38.1 Å². The molecule has 0 saturated heterocycles. The van der Waals surface area contributed by atoms with Gasteiger partial charge in [-0.15, -0.1) is 0 Å². The number of carboxylic acids is 1. The highest BCUT2D eigenvalue weighted by Crippen LogP contribution is 2.53. The Balaban J connectivity index is 1.21. The maximum absolute atomic E-state index is 15.2. The van der Waals surface area contributed by atoms with E-state index in [2.05, 4.69) is 23.6 Å². The van der Waals surface area contributed by atoms with Gasteiger partial charge in [0.05, 0.1) is 30.1 Å². The molecule has 5 saturated carbocycles.